The van der Waals surface area contributed by atoms with Gasteiger partial charge in [0.05, 0.1) is 6.07 Å². The third-order valence-electron chi connectivity index (χ3n) is 1.29. The van der Waals surface area contributed by atoms with Gasteiger partial charge in [-0.1, -0.05) is 20.4 Å². The van der Waals surface area contributed by atoms with Crippen molar-refractivity contribution < 1.29 is 4.79 Å². The summed E-state index contributed by atoms with van der Waals surface area (Å²) >= 11 is 0. The van der Waals surface area contributed by atoms with Crippen molar-refractivity contribution in [2.45, 2.75) is 19.9 Å². The van der Waals surface area contributed by atoms with E-state index >= 15 is 0 Å². The van der Waals surface area contributed by atoms with E-state index in [9.17, 15) is 4.79 Å². The maximum absolute atomic E-state index is 10.7. The first-order valence-electron chi connectivity index (χ1n) is 3.44. The molecule has 0 aliphatic rings. The number of nitrogens with one attached hydrogen (secondary N) is 1. The molecule has 0 spiro atoms. The first-order valence-corrected chi connectivity index (χ1v) is 3.44. The summed E-state index contributed by atoms with van der Waals surface area (Å²) in [6.07, 6.45) is 1.16. The quantitative estimate of drug-likeness (QED) is 0.609. The van der Waals surface area contributed by atoms with Crippen LogP contribution in [-0.4, -0.2) is 11.9 Å². The second-order valence-electron chi connectivity index (χ2n) is 2.56. The highest BCUT2D eigenvalue weighted by Gasteiger charge is 2.12. The first-order chi connectivity index (χ1) is 5.11. The molecule has 0 aromatic rings. The fourth-order valence-corrected chi connectivity index (χ4v) is 0.560. The molecule has 11 heavy (non-hydrogen) atoms. The monoisotopic (exact) mass is 152 g/mol. The molecule has 0 bridgehead atoms. The fraction of sp³-hybridized carbons (Fsp3) is 0.500. The minimum atomic E-state index is -0.416. The lowest BCUT2D eigenvalue weighted by Crippen LogP contribution is -2.36. The molecule has 0 aromatic heterocycles. The molecule has 1 unspecified atom stereocenters. The Balaban J connectivity index is 4.01. The van der Waals surface area contributed by atoms with Gasteiger partial charge in [0.15, 0.2) is 0 Å². The van der Waals surface area contributed by atoms with Crippen molar-refractivity contribution in [2.24, 2.45) is 5.92 Å². The van der Waals surface area contributed by atoms with Crippen molar-refractivity contribution in [3.63, 3.8) is 0 Å². The van der Waals surface area contributed by atoms with Crippen LogP contribution in [0.2, 0.25) is 0 Å². The van der Waals surface area contributed by atoms with Crippen LogP contribution in [0.1, 0.15) is 13.8 Å². The minimum Gasteiger partial charge on any atom is -0.337 e. The van der Waals surface area contributed by atoms with Crippen LogP contribution in [0, 0.1) is 17.2 Å². The van der Waals surface area contributed by atoms with E-state index in [0.717, 1.165) is 6.08 Å². The largest absolute Gasteiger partial charge is 0.337 e. The van der Waals surface area contributed by atoms with Crippen LogP contribution in [-0.2, 0) is 4.79 Å². The molecule has 3 heteroatoms. The van der Waals surface area contributed by atoms with Gasteiger partial charge in [-0.2, -0.15) is 5.26 Å². The highest BCUT2D eigenvalue weighted by atomic mass is 16.1. The highest BCUT2D eigenvalue weighted by molar-refractivity contribution is 5.87. The number of amides is 1. The molecular weight excluding hydrogens is 140 g/mol. The Labute approximate surface area is 66.7 Å². The van der Waals surface area contributed by atoms with Gasteiger partial charge in [0.2, 0.25) is 5.91 Å². The smallest absolute Gasteiger partial charge is 0.244 e. The van der Waals surface area contributed by atoms with Gasteiger partial charge in [0.25, 0.3) is 0 Å². The van der Waals surface area contributed by atoms with Crippen molar-refractivity contribution >= 4 is 5.91 Å². The Hall–Kier alpha value is -1.30. The molecule has 60 valence electrons. The van der Waals surface area contributed by atoms with E-state index in [1.54, 1.807) is 0 Å². The number of carbonyl (C=O) groups excluding carboxylic acids is 1. The van der Waals surface area contributed by atoms with Gasteiger partial charge >= 0.3 is 0 Å². The van der Waals surface area contributed by atoms with Crippen molar-refractivity contribution in [1.29, 1.82) is 5.26 Å². The molecule has 0 fully saturated rings. The lowest BCUT2D eigenvalue weighted by Gasteiger charge is -2.12. The number of carbonyl (C=O) groups is 1. The second kappa shape index (κ2) is 4.51. The zero-order chi connectivity index (χ0) is 8.85. The van der Waals surface area contributed by atoms with Gasteiger partial charge in [0.1, 0.15) is 6.04 Å². The average molecular weight is 152 g/mol. The fourth-order valence-electron chi connectivity index (χ4n) is 0.560. The normalized spacial score (nSPS) is 11.8. The topological polar surface area (TPSA) is 52.9 Å². The van der Waals surface area contributed by atoms with E-state index in [1.165, 1.54) is 0 Å². The lowest BCUT2D eigenvalue weighted by molar-refractivity contribution is -0.117. The molecule has 1 amide bonds. The average Bonchev–Trinajstić information content (AvgIpc) is 1.99. The van der Waals surface area contributed by atoms with E-state index in [4.69, 9.17) is 5.26 Å². The van der Waals surface area contributed by atoms with Gasteiger partial charge in [-0.3, -0.25) is 4.79 Å². The zero-order valence-corrected chi connectivity index (χ0v) is 6.79. The Morgan fingerprint density at radius 3 is 2.55 bits per heavy atom. The van der Waals surface area contributed by atoms with Crippen LogP contribution in [0.25, 0.3) is 0 Å². The third kappa shape index (κ3) is 3.41. The van der Waals surface area contributed by atoms with E-state index < -0.39 is 6.04 Å². The Morgan fingerprint density at radius 1 is 1.73 bits per heavy atom. The van der Waals surface area contributed by atoms with Gasteiger partial charge < -0.3 is 5.32 Å². The number of rotatable bonds is 3. The molecule has 1 N–H and O–H groups in total. The highest BCUT2D eigenvalue weighted by Crippen LogP contribution is 1.98. The molecule has 0 aromatic carbocycles. The summed E-state index contributed by atoms with van der Waals surface area (Å²) in [7, 11) is 0. The Kier molecular flexibility index (Phi) is 3.97. The summed E-state index contributed by atoms with van der Waals surface area (Å²) in [6, 6.07) is 1.57. The maximum atomic E-state index is 10.7. The van der Waals surface area contributed by atoms with Crippen LogP contribution in [0.3, 0.4) is 0 Å². The van der Waals surface area contributed by atoms with Crippen LogP contribution in [0.4, 0.5) is 0 Å². The molecule has 0 saturated carbocycles. The predicted octanol–water partition coefficient (Wildman–Crippen LogP) is 0.837. The number of hydrogen-bond acceptors (Lipinski definition) is 2. The van der Waals surface area contributed by atoms with Gasteiger partial charge in [-0.25, -0.2) is 0 Å². The van der Waals surface area contributed by atoms with Crippen LogP contribution in [0.5, 0.6) is 0 Å². The van der Waals surface area contributed by atoms with Crippen LogP contribution < -0.4 is 5.32 Å². The summed E-state index contributed by atoms with van der Waals surface area (Å²) in [4.78, 5) is 10.7. The Morgan fingerprint density at radius 2 is 2.27 bits per heavy atom. The molecule has 0 saturated heterocycles. The van der Waals surface area contributed by atoms with E-state index in [0.29, 0.717) is 0 Å². The molecule has 3 nitrogen and oxygen atoms in total. The first kappa shape index (κ1) is 9.70. The second-order valence-corrected chi connectivity index (χ2v) is 2.56. The van der Waals surface area contributed by atoms with Gasteiger partial charge in [-0.15, -0.1) is 0 Å². The summed E-state index contributed by atoms with van der Waals surface area (Å²) in [6.45, 7) is 7.03. The summed E-state index contributed by atoms with van der Waals surface area (Å²) < 4.78 is 0. The lowest BCUT2D eigenvalue weighted by atomic mass is 10.1. The van der Waals surface area contributed by atoms with Crippen LogP contribution in [0.15, 0.2) is 12.7 Å². The Bertz CT molecular complexity index is 191. The molecule has 0 rings (SSSR count). The zero-order valence-electron chi connectivity index (χ0n) is 6.79. The third-order valence-corrected chi connectivity index (χ3v) is 1.29. The standard InChI is InChI=1S/C8H12N2O/c1-4-8(11)10-7(5-9)6(2)3/h4,6-7H,1H2,2-3H3,(H,10,11). The summed E-state index contributed by atoms with van der Waals surface area (Å²) in [5.41, 5.74) is 0. The molecule has 0 heterocycles. The number of nitrogens with zero attached hydrogens (tertiary/aromatic N) is 1. The minimum absolute atomic E-state index is 0.129. The molecule has 0 radical (unpaired) electrons. The molecule has 0 aliphatic carbocycles. The number of nitriles is 1. The maximum Gasteiger partial charge on any atom is 0.244 e. The summed E-state index contributed by atoms with van der Waals surface area (Å²) in [5.74, 6) is -0.172. The van der Waals surface area contributed by atoms with Crippen molar-refractivity contribution in [3.05, 3.63) is 12.7 Å². The van der Waals surface area contributed by atoms with E-state index in [2.05, 4.69) is 11.9 Å². The van der Waals surface area contributed by atoms with E-state index in [-0.39, 0.29) is 11.8 Å². The molecular formula is C8H12N2O. The van der Waals surface area contributed by atoms with Gasteiger partial charge in [-0.05, 0) is 12.0 Å². The SMILES string of the molecule is C=CC(=O)NC(C#N)C(C)C. The predicted molar refractivity (Wildman–Crippen MR) is 42.6 cm³/mol. The molecule has 1 atom stereocenters. The van der Waals surface area contributed by atoms with Crippen LogP contribution >= 0.6 is 0 Å². The molecule has 0 aliphatic heterocycles. The van der Waals surface area contributed by atoms with Crippen molar-refractivity contribution in [1.82, 2.24) is 5.32 Å². The summed E-state index contributed by atoms with van der Waals surface area (Å²) in [5, 5.41) is 11.0. The number of hydrogen-bond donors (Lipinski definition) is 1. The van der Waals surface area contributed by atoms with Crippen molar-refractivity contribution in [3.8, 4) is 6.07 Å². The van der Waals surface area contributed by atoms with Gasteiger partial charge in [0, 0.05) is 0 Å². The van der Waals surface area contributed by atoms with E-state index in [1.807, 2.05) is 19.9 Å². The van der Waals surface area contributed by atoms with Crippen molar-refractivity contribution in [2.75, 3.05) is 0 Å².